The highest BCUT2D eigenvalue weighted by Crippen LogP contribution is 2.29. The summed E-state index contributed by atoms with van der Waals surface area (Å²) in [5, 5.41) is 0. The predicted molar refractivity (Wildman–Crippen MR) is 58.1 cm³/mol. The van der Waals surface area contributed by atoms with E-state index >= 15 is 0 Å². The fourth-order valence-electron chi connectivity index (χ4n) is 1.73. The van der Waals surface area contributed by atoms with Gasteiger partial charge >= 0.3 is 0 Å². The molecular formula is C11H22N2O. The number of carbonyl (C=O) groups is 1. The van der Waals surface area contributed by atoms with E-state index in [1.165, 1.54) is 0 Å². The molecule has 0 bridgehead atoms. The van der Waals surface area contributed by atoms with Crippen molar-refractivity contribution in [1.82, 2.24) is 9.80 Å². The zero-order chi connectivity index (χ0) is 10.8. The van der Waals surface area contributed by atoms with Crippen LogP contribution in [0.4, 0.5) is 0 Å². The highest BCUT2D eigenvalue weighted by molar-refractivity contribution is 5.78. The van der Waals surface area contributed by atoms with Gasteiger partial charge in [-0.05, 0) is 32.4 Å². The number of carbonyl (C=O) groups excluding carboxylic acids is 1. The summed E-state index contributed by atoms with van der Waals surface area (Å²) >= 11 is 0. The highest BCUT2D eigenvalue weighted by atomic mass is 16.2. The molecular weight excluding hydrogens is 176 g/mol. The summed E-state index contributed by atoms with van der Waals surface area (Å²) in [6.07, 6.45) is 2.26. The van der Waals surface area contributed by atoms with Gasteiger partial charge in [-0.2, -0.15) is 0 Å². The summed E-state index contributed by atoms with van der Waals surface area (Å²) in [6.45, 7) is 6.96. The Labute approximate surface area is 87.1 Å². The van der Waals surface area contributed by atoms with E-state index in [9.17, 15) is 4.79 Å². The van der Waals surface area contributed by atoms with Crippen LogP contribution in [0.15, 0.2) is 0 Å². The molecule has 0 unspecified atom stereocenters. The molecule has 1 heterocycles. The molecule has 0 radical (unpaired) electrons. The summed E-state index contributed by atoms with van der Waals surface area (Å²) in [5.74, 6) is 0.269. The van der Waals surface area contributed by atoms with Crippen LogP contribution in [-0.4, -0.2) is 49.4 Å². The molecule has 0 saturated carbocycles. The Morgan fingerprint density at radius 1 is 1.29 bits per heavy atom. The normalized spacial score (nSPS) is 21.4. The van der Waals surface area contributed by atoms with Gasteiger partial charge in [-0.25, -0.2) is 0 Å². The fourth-order valence-corrected chi connectivity index (χ4v) is 1.73. The first-order chi connectivity index (χ1) is 6.41. The first kappa shape index (κ1) is 11.5. The number of amides is 1. The summed E-state index contributed by atoms with van der Waals surface area (Å²) in [6, 6.07) is 0. The maximum absolute atomic E-state index is 11.7. The van der Waals surface area contributed by atoms with Gasteiger partial charge in [-0.15, -0.1) is 0 Å². The number of hydrogen-bond acceptors (Lipinski definition) is 2. The lowest BCUT2D eigenvalue weighted by molar-refractivity contribution is -0.133. The number of rotatable bonds is 2. The second-order valence-electron chi connectivity index (χ2n) is 5.28. The molecule has 1 aliphatic heterocycles. The van der Waals surface area contributed by atoms with E-state index in [0.717, 1.165) is 25.9 Å². The maximum atomic E-state index is 11.7. The van der Waals surface area contributed by atoms with E-state index < -0.39 is 0 Å². The fraction of sp³-hybridized carbons (Fsp3) is 0.909. The summed E-state index contributed by atoms with van der Waals surface area (Å²) in [5.41, 5.74) is 0.425. The molecule has 0 aromatic rings. The number of likely N-dealkylation sites (tertiary alicyclic amines) is 1. The molecule has 3 nitrogen and oxygen atoms in total. The van der Waals surface area contributed by atoms with Crippen LogP contribution in [0.3, 0.4) is 0 Å². The zero-order valence-electron chi connectivity index (χ0n) is 9.84. The third-order valence-electron chi connectivity index (χ3n) is 2.92. The summed E-state index contributed by atoms with van der Waals surface area (Å²) in [7, 11) is 3.87. The second kappa shape index (κ2) is 4.30. The van der Waals surface area contributed by atoms with Gasteiger partial charge in [-0.3, -0.25) is 4.79 Å². The van der Waals surface area contributed by atoms with Gasteiger partial charge in [-0.1, -0.05) is 13.8 Å². The smallest absolute Gasteiger partial charge is 0.236 e. The lowest BCUT2D eigenvalue weighted by atomic mass is 9.83. The molecule has 14 heavy (non-hydrogen) atoms. The first-order valence-corrected chi connectivity index (χ1v) is 5.33. The van der Waals surface area contributed by atoms with Crippen LogP contribution in [0.5, 0.6) is 0 Å². The second-order valence-corrected chi connectivity index (χ2v) is 5.28. The van der Waals surface area contributed by atoms with E-state index in [2.05, 4.69) is 13.8 Å². The van der Waals surface area contributed by atoms with Gasteiger partial charge in [0, 0.05) is 13.1 Å². The van der Waals surface area contributed by atoms with Crippen molar-refractivity contribution in [2.24, 2.45) is 5.41 Å². The van der Waals surface area contributed by atoms with E-state index in [4.69, 9.17) is 0 Å². The van der Waals surface area contributed by atoms with Gasteiger partial charge in [0.2, 0.25) is 5.91 Å². The Balaban J connectivity index is 2.38. The number of likely N-dealkylation sites (N-methyl/N-ethyl adjacent to an activating group) is 1. The Morgan fingerprint density at radius 2 is 1.79 bits per heavy atom. The first-order valence-electron chi connectivity index (χ1n) is 5.33. The third kappa shape index (κ3) is 3.29. The molecule has 1 fully saturated rings. The quantitative estimate of drug-likeness (QED) is 0.665. The molecule has 0 atom stereocenters. The van der Waals surface area contributed by atoms with Crippen LogP contribution in [0.1, 0.15) is 26.7 Å². The van der Waals surface area contributed by atoms with Crippen molar-refractivity contribution in [2.75, 3.05) is 33.7 Å². The Hall–Kier alpha value is -0.570. The monoisotopic (exact) mass is 198 g/mol. The van der Waals surface area contributed by atoms with Crippen molar-refractivity contribution < 1.29 is 4.79 Å². The van der Waals surface area contributed by atoms with E-state index in [-0.39, 0.29) is 5.91 Å². The Kier molecular flexibility index (Phi) is 3.53. The molecule has 0 spiro atoms. The van der Waals surface area contributed by atoms with E-state index in [0.29, 0.717) is 12.0 Å². The van der Waals surface area contributed by atoms with Crippen molar-refractivity contribution in [3.63, 3.8) is 0 Å². The van der Waals surface area contributed by atoms with Gasteiger partial charge in [0.05, 0.1) is 6.54 Å². The molecule has 1 saturated heterocycles. The number of nitrogens with zero attached hydrogens (tertiary/aromatic N) is 2. The molecule has 1 rings (SSSR count). The number of hydrogen-bond donors (Lipinski definition) is 0. The lowest BCUT2D eigenvalue weighted by Gasteiger charge is -2.37. The average molecular weight is 198 g/mol. The van der Waals surface area contributed by atoms with Crippen molar-refractivity contribution in [3.05, 3.63) is 0 Å². The average Bonchev–Trinajstić information content (AvgIpc) is 2.02. The predicted octanol–water partition coefficient (Wildman–Crippen LogP) is 1.20. The largest absolute Gasteiger partial charge is 0.342 e. The van der Waals surface area contributed by atoms with Gasteiger partial charge < -0.3 is 9.80 Å². The van der Waals surface area contributed by atoms with Crippen molar-refractivity contribution in [2.45, 2.75) is 26.7 Å². The summed E-state index contributed by atoms with van der Waals surface area (Å²) in [4.78, 5) is 15.6. The highest BCUT2D eigenvalue weighted by Gasteiger charge is 2.27. The van der Waals surface area contributed by atoms with E-state index in [1.807, 2.05) is 23.9 Å². The van der Waals surface area contributed by atoms with Crippen LogP contribution in [0.25, 0.3) is 0 Å². The van der Waals surface area contributed by atoms with Crippen LogP contribution < -0.4 is 0 Å². The standard InChI is InChI=1S/C11H22N2O/c1-11(2)5-7-13(8-6-11)10(14)9-12(3)4/h5-9H2,1-4H3. The minimum atomic E-state index is 0.269. The van der Waals surface area contributed by atoms with Gasteiger partial charge in [0.25, 0.3) is 0 Å². The van der Waals surface area contributed by atoms with Crippen molar-refractivity contribution in [1.29, 1.82) is 0 Å². The van der Waals surface area contributed by atoms with E-state index in [1.54, 1.807) is 0 Å². The molecule has 1 aliphatic rings. The van der Waals surface area contributed by atoms with Gasteiger partial charge in [0.15, 0.2) is 0 Å². The van der Waals surface area contributed by atoms with Crippen LogP contribution in [0.2, 0.25) is 0 Å². The van der Waals surface area contributed by atoms with Crippen LogP contribution >= 0.6 is 0 Å². The van der Waals surface area contributed by atoms with Crippen LogP contribution in [-0.2, 0) is 4.79 Å². The van der Waals surface area contributed by atoms with Gasteiger partial charge in [0.1, 0.15) is 0 Å². The minimum Gasteiger partial charge on any atom is -0.342 e. The van der Waals surface area contributed by atoms with Crippen molar-refractivity contribution in [3.8, 4) is 0 Å². The molecule has 0 aromatic carbocycles. The number of piperidine rings is 1. The molecule has 1 amide bonds. The zero-order valence-corrected chi connectivity index (χ0v) is 9.84. The lowest BCUT2D eigenvalue weighted by Crippen LogP contribution is -2.44. The molecule has 82 valence electrons. The maximum Gasteiger partial charge on any atom is 0.236 e. The Morgan fingerprint density at radius 3 is 2.21 bits per heavy atom. The molecule has 3 heteroatoms. The van der Waals surface area contributed by atoms with Crippen molar-refractivity contribution >= 4 is 5.91 Å². The Bertz CT molecular complexity index is 201. The molecule has 0 aromatic heterocycles. The van der Waals surface area contributed by atoms with Crippen LogP contribution in [0, 0.1) is 5.41 Å². The summed E-state index contributed by atoms with van der Waals surface area (Å²) < 4.78 is 0. The topological polar surface area (TPSA) is 23.6 Å². The third-order valence-corrected chi connectivity index (χ3v) is 2.92. The minimum absolute atomic E-state index is 0.269. The SMILES string of the molecule is CN(C)CC(=O)N1CCC(C)(C)CC1. The molecule has 0 N–H and O–H groups in total. The molecule has 0 aliphatic carbocycles.